The van der Waals surface area contributed by atoms with Crippen molar-refractivity contribution in [2.24, 2.45) is 5.73 Å². The molecule has 0 unspecified atom stereocenters. The van der Waals surface area contributed by atoms with Crippen molar-refractivity contribution in [2.45, 2.75) is 71.1 Å². The summed E-state index contributed by atoms with van der Waals surface area (Å²) in [6.45, 7) is 2.04. The Balaban J connectivity index is 0. The van der Waals surface area contributed by atoms with Gasteiger partial charge in [0.1, 0.15) is 0 Å². The Morgan fingerprint density at radius 3 is 1.52 bits per heavy atom. The fourth-order valence-electron chi connectivity index (χ4n) is 2.14. The second-order valence-corrected chi connectivity index (χ2v) is 9.15. The van der Waals surface area contributed by atoms with Crippen molar-refractivity contribution in [1.82, 2.24) is 0 Å². The van der Waals surface area contributed by atoms with Gasteiger partial charge >= 0.3 is 29.6 Å². The second-order valence-electron chi connectivity index (χ2n) is 5.56. The summed E-state index contributed by atoms with van der Waals surface area (Å²) in [7, 11) is -8.08. The van der Waals surface area contributed by atoms with Gasteiger partial charge in [-0.2, -0.15) is 16.8 Å². The van der Waals surface area contributed by atoms with Crippen LogP contribution >= 0.6 is 0 Å². The fourth-order valence-corrected chi connectivity index (χ4v) is 4.79. The van der Waals surface area contributed by atoms with E-state index in [4.69, 9.17) is 5.73 Å². The summed E-state index contributed by atoms with van der Waals surface area (Å²) in [4.78, 5) is 0. The summed E-state index contributed by atoms with van der Waals surface area (Å²) in [6.07, 6.45) is 10.8. The van der Waals surface area contributed by atoms with Gasteiger partial charge in [0.25, 0.3) is 20.2 Å². The molecule has 0 saturated heterocycles. The van der Waals surface area contributed by atoms with Crippen LogP contribution in [0.5, 0.6) is 0 Å². The van der Waals surface area contributed by atoms with E-state index in [9.17, 15) is 16.8 Å². The maximum atomic E-state index is 11.5. The Hall–Kier alpha value is 0.820. The average Bonchev–Trinajstić information content (AvgIpc) is 2.39. The van der Waals surface area contributed by atoms with Crippen LogP contribution in [0.1, 0.15) is 71.1 Å². The third-order valence-electron chi connectivity index (χ3n) is 3.32. The summed E-state index contributed by atoms with van der Waals surface area (Å²) >= 11 is 0. The standard InChI is InChI=1S/C14H31NO5S2.Na.H/c1-2-3-4-5-6-7-8-9-10-11-13-21(16,17)20-22(18,19)14-12-15;;/h2-15H2,1H3;;. The first-order valence-corrected chi connectivity index (χ1v) is 11.3. The first-order valence-electron chi connectivity index (χ1n) is 8.19. The molecule has 0 aliphatic heterocycles. The van der Waals surface area contributed by atoms with Crippen LogP contribution in [0.4, 0.5) is 0 Å². The van der Waals surface area contributed by atoms with E-state index in [0.717, 1.165) is 19.3 Å². The van der Waals surface area contributed by atoms with Gasteiger partial charge in [0.15, 0.2) is 0 Å². The third kappa shape index (κ3) is 17.4. The minimum atomic E-state index is -4.06. The molecule has 0 aromatic heterocycles. The van der Waals surface area contributed by atoms with Crippen molar-refractivity contribution < 1.29 is 20.5 Å². The Morgan fingerprint density at radius 1 is 0.696 bits per heavy atom. The van der Waals surface area contributed by atoms with Gasteiger partial charge < -0.3 is 5.73 Å². The molecule has 0 bridgehead atoms. The zero-order chi connectivity index (χ0) is 16.9. The molecular formula is C14H32NNaO5S2. The van der Waals surface area contributed by atoms with Crippen LogP contribution in [0, 0.1) is 0 Å². The molecule has 6 nitrogen and oxygen atoms in total. The molecule has 0 fully saturated rings. The van der Waals surface area contributed by atoms with Crippen LogP contribution in [-0.2, 0) is 23.9 Å². The molecule has 2 N–H and O–H groups in total. The van der Waals surface area contributed by atoms with E-state index in [1.807, 2.05) is 0 Å². The number of hydrogen-bond acceptors (Lipinski definition) is 6. The van der Waals surface area contributed by atoms with E-state index < -0.39 is 26.0 Å². The molecule has 0 rings (SSSR count). The molecule has 9 heteroatoms. The van der Waals surface area contributed by atoms with Gasteiger partial charge in [-0.3, -0.25) is 0 Å². The van der Waals surface area contributed by atoms with E-state index in [1.165, 1.54) is 38.5 Å². The van der Waals surface area contributed by atoms with E-state index >= 15 is 0 Å². The molecule has 0 aromatic carbocycles. The molecule has 0 heterocycles. The van der Waals surface area contributed by atoms with Crippen LogP contribution < -0.4 is 5.73 Å². The van der Waals surface area contributed by atoms with Crippen LogP contribution in [0.15, 0.2) is 0 Å². The molecule has 0 atom stereocenters. The summed E-state index contributed by atoms with van der Waals surface area (Å²) in [5.74, 6) is -0.739. The van der Waals surface area contributed by atoms with Crippen molar-refractivity contribution in [2.75, 3.05) is 18.1 Å². The summed E-state index contributed by atoms with van der Waals surface area (Å²) in [5, 5.41) is 0. The van der Waals surface area contributed by atoms with E-state index in [1.54, 1.807) is 0 Å². The van der Waals surface area contributed by atoms with Crippen molar-refractivity contribution in [3.05, 3.63) is 0 Å². The molecule has 0 aliphatic carbocycles. The van der Waals surface area contributed by atoms with Gasteiger partial charge in [0.2, 0.25) is 0 Å². The molecular weight excluding hydrogens is 349 g/mol. The van der Waals surface area contributed by atoms with E-state index in [-0.39, 0.29) is 41.9 Å². The first kappa shape index (κ1) is 26.1. The van der Waals surface area contributed by atoms with Crippen molar-refractivity contribution in [3.63, 3.8) is 0 Å². The predicted molar refractivity (Wildman–Crippen MR) is 96.7 cm³/mol. The predicted octanol–water partition coefficient (Wildman–Crippen LogP) is 1.89. The van der Waals surface area contributed by atoms with Gasteiger partial charge in [0, 0.05) is 6.54 Å². The molecule has 23 heavy (non-hydrogen) atoms. The Morgan fingerprint density at radius 2 is 1.09 bits per heavy atom. The van der Waals surface area contributed by atoms with Gasteiger partial charge in [-0.25, -0.2) is 0 Å². The number of hydrogen-bond donors (Lipinski definition) is 1. The quantitative estimate of drug-likeness (QED) is 0.343. The Labute approximate surface area is 164 Å². The summed E-state index contributed by atoms with van der Waals surface area (Å²) in [5.41, 5.74) is 5.09. The Bertz CT molecular complexity index is 466. The molecule has 0 amide bonds. The zero-order valence-corrected chi connectivity index (χ0v) is 15.3. The molecule has 136 valence electrons. The summed E-state index contributed by atoms with van der Waals surface area (Å²) in [6, 6.07) is 0. The van der Waals surface area contributed by atoms with Crippen LogP contribution in [0.2, 0.25) is 0 Å². The average molecular weight is 382 g/mol. The van der Waals surface area contributed by atoms with Crippen molar-refractivity contribution >= 4 is 49.8 Å². The fraction of sp³-hybridized carbons (Fsp3) is 1.00. The second kappa shape index (κ2) is 15.1. The molecule has 0 radical (unpaired) electrons. The number of unbranched alkanes of at least 4 members (excludes halogenated alkanes) is 9. The molecule has 0 spiro atoms. The SMILES string of the molecule is CCCCCCCCCCCCS(=O)(=O)OS(=O)(=O)CCN.[NaH]. The monoisotopic (exact) mass is 381 g/mol. The number of rotatable bonds is 15. The zero-order valence-electron chi connectivity index (χ0n) is 13.6. The van der Waals surface area contributed by atoms with E-state index in [2.05, 4.69) is 10.6 Å². The Kier molecular flexibility index (Phi) is 17.1. The maximum absolute atomic E-state index is 11.5. The van der Waals surface area contributed by atoms with Crippen molar-refractivity contribution in [3.8, 4) is 0 Å². The number of nitrogens with two attached hydrogens (primary N) is 1. The van der Waals surface area contributed by atoms with Crippen LogP contribution in [0.25, 0.3) is 0 Å². The van der Waals surface area contributed by atoms with Gasteiger partial charge in [0.05, 0.1) is 11.5 Å². The molecule has 0 aliphatic rings. The molecule has 0 saturated carbocycles. The topological polar surface area (TPSA) is 104 Å². The normalized spacial score (nSPS) is 12.1. The first-order chi connectivity index (χ1) is 10.3. The van der Waals surface area contributed by atoms with Gasteiger partial charge in [-0.15, -0.1) is 3.63 Å². The van der Waals surface area contributed by atoms with Crippen LogP contribution in [0.3, 0.4) is 0 Å². The molecule has 0 aromatic rings. The van der Waals surface area contributed by atoms with Gasteiger partial charge in [-0.1, -0.05) is 64.7 Å². The minimum absolute atomic E-state index is 0. The third-order valence-corrected chi connectivity index (χ3v) is 6.51. The van der Waals surface area contributed by atoms with Crippen molar-refractivity contribution in [1.29, 1.82) is 0 Å². The van der Waals surface area contributed by atoms with Crippen LogP contribution in [-0.4, -0.2) is 64.4 Å². The summed E-state index contributed by atoms with van der Waals surface area (Å²) < 4.78 is 49.7. The van der Waals surface area contributed by atoms with Gasteiger partial charge in [-0.05, 0) is 6.42 Å². The van der Waals surface area contributed by atoms with E-state index in [0.29, 0.717) is 6.42 Å².